The van der Waals surface area contributed by atoms with Crippen molar-refractivity contribution in [2.24, 2.45) is 0 Å². The van der Waals surface area contributed by atoms with E-state index in [1.54, 1.807) is 0 Å². The van der Waals surface area contributed by atoms with Crippen LogP contribution in [0.15, 0.2) is 60.7 Å². The Morgan fingerprint density at radius 1 is 0.944 bits per heavy atom. The fourth-order valence-electron chi connectivity index (χ4n) is 1.95. The van der Waals surface area contributed by atoms with Crippen molar-refractivity contribution in [2.45, 2.75) is 19.0 Å². The molecule has 0 amide bonds. The van der Waals surface area contributed by atoms with Gasteiger partial charge in [0.2, 0.25) is 0 Å². The Morgan fingerprint density at radius 3 is 2.06 bits per heavy atom. The molecule has 18 heavy (non-hydrogen) atoms. The minimum Gasteiger partial charge on any atom is -0.394 e. The Balaban J connectivity index is 2.10. The molecule has 2 rings (SSSR count). The first-order valence-electron chi connectivity index (χ1n) is 6.20. The van der Waals surface area contributed by atoms with Gasteiger partial charge in [-0.15, -0.1) is 0 Å². The first-order chi connectivity index (χ1) is 8.74. The molecule has 0 aliphatic heterocycles. The van der Waals surface area contributed by atoms with E-state index < -0.39 is 5.54 Å². The molecular formula is C16H19NO. The first-order valence-corrected chi connectivity index (χ1v) is 6.20. The van der Waals surface area contributed by atoms with Gasteiger partial charge in [0.05, 0.1) is 12.1 Å². The van der Waals surface area contributed by atoms with Crippen LogP contribution in [-0.4, -0.2) is 11.7 Å². The first kappa shape index (κ1) is 12.8. The zero-order valence-corrected chi connectivity index (χ0v) is 10.6. The highest BCUT2D eigenvalue weighted by molar-refractivity contribution is 5.24. The van der Waals surface area contributed by atoms with Crippen molar-refractivity contribution < 1.29 is 5.11 Å². The van der Waals surface area contributed by atoms with Crippen molar-refractivity contribution in [3.63, 3.8) is 0 Å². The number of benzene rings is 2. The van der Waals surface area contributed by atoms with Crippen LogP contribution in [0.2, 0.25) is 0 Å². The molecule has 2 heteroatoms. The van der Waals surface area contributed by atoms with E-state index in [2.05, 4.69) is 17.4 Å². The second-order valence-corrected chi connectivity index (χ2v) is 4.70. The highest BCUT2D eigenvalue weighted by atomic mass is 16.3. The third-order valence-electron chi connectivity index (χ3n) is 3.25. The Kier molecular flexibility index (Phi) is 4.13. The second kappa shape index (κ2) is 5.80. The van der Waals surface area contributed by atoms with Crippen LogP contribution in [0, 0.1) is 0 Å². The number of rotatable bonds is 5. The molecule has 0 aromatic heterocycles. The molecule has 2 N–H and O–H groups in total. The van der Waals surface area contributed by atoms with Gasteiger partial charge in [0, 0.05) is 6.54 Å². The van der Waals surface area contributed by atoms with Crippen molar-refractivity contribution in [2.75, 3.05) is 6.61 Å². The van der Waals surface area contributed by atoms with E-state index >= 15 is 0 Å². The van der Waals surface area contributed by atoms with Gasteiger partial charge in [0.1, 0.15) is 0 Å². The zero-order chi connectivity index (χ0) is 12.8. The van der Waals surface area contributed by atoms with E-state index in [9.17, 15) is 5.11 Å². The molecule has 0 bridgehead atoms. The van der Waals surface area contributed by atoms with Crippen LogP contribution >= 0.6 is 0 Å². The van der Waals surface area contributed by atoms with Crippen molar-refractivity contribution >= 4 is 0 Å². The van der Waals surface area contributed by atoms with Crippen molar-refractivity contribution in [1.82, 2.24) is 5.32 Å². The predicted molar refractivity (Wildman–Crippen MR) is 74.2 cm³/mol. The smallest absolute Gasteiger partial charge is 0.0652 e. The number of nitrogens with one attached hydrogen (secondary N) is 1. The van der Waals surface area contributed by atoms with Crippen LogP contribution in [0.3, 0.4) is 0 Å². The number of aliphatic hydroxyl groups excluding tert-OH is 1. The molecule has 1 unspecified atom stereocenters. The normalized spacial score (nSPS) is 14.1. The van der Waals surface area contributed by atoms with E-state index in [0.717, 1.165) is 12.1 Å². The topological polar surface area (TPSA) is 32.3 Å². The minimum absolute atomic E-state index is 0.0733. The van der Waals surface area contributed by atoms with Crippen LogP contribution in [-0.2, 0) is 12.1 Å². The van der Waals surface area contributed by atoms with Crippen molar-refractivity contribution in [1.29, 1.82) is 0 Å². The standard InChI is InChI=1S/C16H19NO/c1-16(13-18,15-10-6-3-7-11-15)17-12-14-8-4-2-5-9-14/h2-11,17-18H,12-13H2,1H3. The maximum Gasteiger partial charge on any atom is 0.0652 e. The number of hydrogen-bond acceptors (Lipinski definition) is 2. The molecule has 0 radical (unpaired) electrons. The van der Waals surface area contributed by atoms with E-state index in [1.807, 2.05) is 55.5 Å². The van der Waals surface area contributed by atoms with E-state index in [-0.39, 0.29) is 6.61 Å². The van der Waals surface area contributed by atoms with Crippen molar-refractivity contribution in [3.8, 4) is 0 Å². The minimum atomic E-state index is -0.406. The molecule has 0 saturated heterocycles. The highest BCUT2D eigenvalue weighted by Crippen LogP contribution is 2.20. The van der Waals surface area contributed by atoms with E-state index in [4.69, 9.17) is 0 Å². The van der Waals surface area contributed by atoms with Crippen LogP contribution in [0.5, 0.6) is 0 Å². The summed E-state index contributed by atoms with van der Waals surface area (Å²) in [6.45, 7) is 2.84. The van der Waals surface area contributed by atoms with Crippen LogP contribution in [0.1, 0.15) is 18.1 Å². The van der Waals surface area contributed by atoms with Gasteiger partial charge in [-0.05, 0) is 18.1 Å². The van der Waals surface area contributed by atoms with Gasteiger partial charge in [0.15, 0.2) is 0 Å². The lowest BCUT2D eigenvalue weighted by molar-refractivity contribution is 0.173. The predicted octanol–water partition coefficient (Wildman–Crippen LogP) is 2.68. The molecule has 2 nitrogen and oxygen atoms in total. The van der Waals surface area contributed by atoms with Gasteiger partial charge in [-0.1, -0.05) is 60.7 Å². The van der Waals surface area contributed by atoms with Gasteiger partial charge in [-0.3, -0.25) is 0 Å². The average molecular weight is 241 g/mol. The van der Waals surface area contributed by atoms with E-state index in [1.165, 1.54) is 5.56 Å². The monoisotopic (exact) mass is 241 g/mol. The van der Waals surface area contributed by atoms with Gasteiger partial charge < -0.3 is 10.4 Å². The summed E-state index contributed by atoms with van der Waals surface area (Å²) < 4.78 is 0. The molecule has 2 aromatic carbocycles. The molecule has 0 saturated carbocycles. The van der Waals surface area contributed by atoms with Crippen LogP contribution in [0.25, 0.3) is 0 Å². The summed E-state index contributed by atoms with van der Waals surface area (Å²) in [4.78, 5) is 0. The Morgan fingerprint density at radius 2 is 1.50 bits per heavy atom. The summed E-state index contributed by atoms with van der Waals surface area (Å²) in [6, 6.07) is 20.3. The van der Waals surface area contributed by atoms with E-state index in [0.29, 0.717) is 0 Å². The zero-order valence-electron chi connectivity index (χ0n) is 10.6. The summed E-state index contributed by atoms with van der Waals surface area (Å²) in [6.07, 6.45) is 0. The van der Waals surface area contributed by atoms with Crippen molar-refractivity contribution in [3.05, 3.63) is 71.8 Å². The molecule has 0 aliphatic rings. The Bertz CT molecular complexity index is 469. The second-order valence-electron chi connectivity index (χ2n) is 4.70. The molecule has 94 valence electrons. The molecule has 0 heterocycles. The maximum absolute atomic E-state index is 9.65. The maximum atomic E-state index is 9.65. The van der Waals surface area contributed by atoms with Gasteiger partial charge in [-0.2, -0.15) is 0 Å². The largest absolute Gasteiger partial charge is 0.394 e. The summed E-state index contributed by atoms with van der Waals surface area (Å²) in [5.74, 6) is 0. The Labute approximate surface area is 108 Å². The van der Waals surface area contributed by atoms with Gasteiger partial charge >= 0.3 is 0 Å². The third-order valence-corrected chi connectivity index (χ3v) is 3.25. The quantitative estimate of drug-likeness (QED) is 0.843. The number of aliphatic hydroxyl groups is 1. The average Bonchev–Trinajstić information content (AvgIpc) is 2.47. The van der Waals surface area contributed by atoms with Crippen LogP contribution in [0.4, 0.5) is 0 Å². The highest BCUT2D eigenvalue weighted by Gasteiger charge is 2.24. The fourth-order valence-corrected chi connectivity index (χ4v) is 1.95. The molecule has 0 fully saturated rings. The third kappa shape index (κ3) is 2.97. The SMILES string of the molecule is CC(CO)(NCc1ccccc1)c1ccccc1. The van der Waals surface area contributed by atoms with Gasteiger partial charge in [-0.25, -0.2) is 0 Å². The number of hydrogen-bond donors (Lipinski definition) is 2. The summed E-state index contributed by atoms with van der Waals surface area (Å²) >= 11 is 0. The lowest BCUT2D eigenvalue weighted by Gasteiger charge is -2.29. The lowest BCUT2D eigenvalue weighted by atomic mass is 9.92. The van der Waals surface area contributed by atoms with Gasteiger partial charge in [0.25, 0.3) is 0 Å². The molecule has 0 spiro atoms. The molecule has 2 aromatic rings. The summed E-state index contributed by atoms with van der Waals surface area (Å²) in [5, 5.41) is 13.1. The lowest BCUT2D eigenvalue weighted by Crippen LogP contribution is -2.42. The Hall–Kier alpha value is -1.64. The molecular weight excluding hydrogens is 222 g/mol. The summed E-state index contributed by atoms with van der Waals surface area (Å²) in [5.41, 5.74) is 1.91. The fraction of sp³-hybridized carbons (Fsp3) is 0.250. The molecule has 1 atom stereocenters. The molecule has 0 aliphatic carbocycles. The van der Waals surface area contributed by atoms with Crippen LogP contribution < -0.4 is 5.32 Å². The summed E-state index contributed by atoms with van der Waals surface area (Å²) in [7, 11) is 0.